The van der Waals surface area contributed by atoms with Crippen molar-refractivity contribution in [1.29, 1.82) is 0 Å². The van der Waals surface area contributed by atoms with Gasteiger partial charge in [-0.15, -0.1) is 24.0 Å². The van der Waals surface area contributed by atoms with E-state index in [0.29, 0.717) is 30.2 Å². The van der Waals surface area contributed by atoms with Crippen molar-refractivity contribution in [1.82, 2.24) is 20.0 Å². The summed E-state index contributed by atoms with van der Waals surface area (Å²) in [6.07, 6.45) is 0.452. The molecular formula is C21H36IN5O4. The van der Waals surface area contributed by atoms with Crippen LogP contribution in [0.4, 0.5) is 0 Å². The number of hydrogen-bond acceptors (Lipinski definition) is 6. The number of nitrogens with zero attached hydrogens (tertiary/aromatic N) is 4. The SMILES string of the molecule is CN=C(NCCC(=O)N(C)C)N1CCN(Cc2cc(OC)c(OC)c(OC)c2)CC1.I. The van der Waals surface area contributed by atoms with Crippen LogP contribution >= 0.6 is 24.0 Å². The third-order valence-electron chi connectivity index (χ3n) is 5.14. The fourth-order valence-electron chi connectivity index (χ4n) is 3.44. The second-order valence-electron chi connectivity index (χ2n) is 7.31. The molecule has 0 atom stereocenters. The normalized spacial score (nSPS) is 14.5. The Labute approximate surface area is 202 Å². The Morgan fingerprint density at radius 1 is 1.06 bits per heavy atom. The minimum absolute atomic E-state index is 0. The van der Waals surface area contributed by atoms with Crippen LogP contribution in [-0.4, -0.2) is 102 Å². The third kappa shape index (κ3) is 7.60. The van der Waals surface area contributed by atoms with Gasteiger partial charge in [-0.25, -0.2) is 0 Å². The maximum Gasteiger partial charge on any atom is 0.223 e. The first-order valence-corrected chi connectivity index (χ1v) is 10.1. The van der Waals surface area contributed by atoms with Gasteiger partial charge in [0.2, 0.25) is 11.7 Å². The highest BCUT2D eigenvalue weighted by atomic mass is 127. The average molecular weight is 549 g/mol. The van der Waals surface area contributed by atoms with E-state index in [2.05, 4.69) is 20.1 Å². The van der Waals surface area contributed by atoms with Gasteiger partial charge in [0.1, 0.15) is 0 Å². The minimum atomic E-state index is 0. The summed E-state index contributed by atoms with van der Waals surface area (Å²) in [4.78, 5) is 22.3. The lowest BCUT2D eigenvalue weighted by Gasteiger charge is -2.36. The molecule has 176 valence electrons. The zero-order chi connectivity index (χ0) is 22.1. The smallest absolute Gasteiger partial charge is 0.223 e. The Morgan fingerprint density at radius 3 is 2.10 bits per heavy atom. The van der Waals surface area contributed by atoms with E-state index in [1.54, 1.807) is 47.4 Å². The summed E-state index contributed by atoms with van der Waals surface area (Å²) < 4.78 is 16.3. The number of ether oxygens (including phenoxy) is 3. The van der Waals surface area contributed by atoms with Gasteiger partial charge in [-0.1, -0.05) is 0 Å². The molecule has 2 rings (SSSR count). The fraction of sp³-hybridized carbons (Fsp3) is 0.619. The van der Waals surface area contributed by atoms with E-state index in [9.17, 15) is 4.79 Å². The van der Waals surface area contributed by atoms with Crippen LogP contribution in [0.2, 0.25) is 0 Å². The topological polar surface area (TPSA) is 78.9 Å². The highest BCUT2D eigenvalue weighted by molar-refractivity contribution is 14.0. The van der Waals surface area contributed by atoms with E-state index >= 15 is 0 Å². The van der Waals surface area contributed by atoms with Crippen LogP contribution in [-0.2, 0) is 11.3 Å². The number of hydrogen-bond donors (Lipinski definition) is 1. The molecule has 0 aromatic heterocycles. The molecule has 0 aliphatic carbocycles. The van der Waals surface area contributed by atoms with Gasteiger partial charge in [-0.2, -0.15) is 0 Å². The number of halogens is 1. The number of carbonyl (C=O) groups is 1. The van der Waals surface area contributed by atoms with E-state index in [-0.39, 0.29) is 29.9 Å². The molecule has 0 unspecified atom stereocenters. The van der Waals surface area contributed by atoms with Crippen LogP contribution in [0.15, 0.2) is 17.1 Å². The van der Waals surface area contributed by atoms with Gasteiger partial charge < -0.3 is 29.3 Å². The Balaban J connectivity index is 0.00000480. The lowest BCUT2D eigenvalue weighted by atomic mass is 10.1. The zero-order valence-corrected chi connectivity index (χ0v) is 21.8. The van der Waals surface area contributed by atoms with E-state index in [0.717, 1.165) is 44.2 Å². The van der Waals surface area contributed by atoms with Crippen molar-refractivity contribution in [2.24, 2.45) is 4.99 Å². The average Bonchev–Trinajstić information content (AvgIpc) is 2.76. The predicted molar refractivity (Wildman–Crippen MR) is 133 cm³/mol. The molecule has 0 saturated carbocycles. The van der Waals surface area contributed by atoms with Gasteiger partial charge in [0.25, 0.3) is 0 Å². The molecule has 0 radical (unpaired) electrons. The molecule has 1 aliphatic heterocycles. The van der Waals surface area contributed by atoms with Crippen molar-refractivity contribution in [3.8, 4) is 17.2 Å². The van der Waals surface area contributed by atoms with Crippen molar-refractivity contribution in [3.63, 3.8) is 0 Å². The van der Waals surface area contributed by atoms with Gasteiger partial charge in [-0.05, 0) is 17.7 Å². The molecule has 1 amide bonds. The summed E-state index contributed by atoms with van der Waals surface area (Å²) in [5, 5.41) is 3.30. The van der Waals surface area contributed by atoms with Crippen molar-refractivity contribution in [3.05, 3.63) is 17.7 Å². The summed E-state index contributed by atoms with van der Waals surface area (Å²) in [5.74, 6) is 2.89. The number of carbonyl (C=O) groups excluding carboxylic acids is 1. The predicted octanol–water partition coefficient (Wildman–Crippen LogP) is 1.50. The molecule has 10 heteroatoms. The van der Waals surface area contributed by atoms with E-state index in [4.69, 9.17) is 14.2 Å². The summed E-state index contributed by atoms with van der Waals surface area (Å²) >= 11 is 0. The lowest BCUT2D eigenvalue weighted by Crippen LogP contribution is -2.52. The molecule has 0 spiro atoms. The van der Waals surface area contributed by atoms with E-state index in [1.165, 1.54) is 0 Å². The molecule has 1 heterocycles. The second-order valence-corrected chi connectivity index (χ2v) is 7.31. The lowest BCUT2D eigenvalue weighted by molar-refractivity contribution is -0.128. The van der Waals surface area contributed by atoms with Crippen LogP contribution in [0.1, 0.15) is 12.0 Å². The van der Waals surface area contributed by atoms with Gasteiger partial charge in [-0.3, -0.25) is 14.7 Å². The zero-order valence-electron chi connectivity index (χ0n) is 19.4. The maximum atomic E-state index is 11.7. The quantitative estimate of drug-likeness (QED) is 0.299. The molecule has 1 saturated heterocycles. The van der Waals surface area contributed by atoms with Crippen molar-refractivity contribution >= 4 is 35.8 Å². The van der Waals surface area contributed by atoms with Crippen LogP contribution in [0.3, 0.4) is 0 Å². The fourth-order valence-corrected chi connectivity index (χ4v) is 3.44. The number of rotatable bonds is 8. The summed E-state index contributed by atoms with van der Waals surface area (Å²) in [6.45, 7) is 4.93. The van der Waals surface area contributed by atoms with Crippen LogP contribution < -0.4 is 19.5 Å². The van der Waals surface area contributed by atoms with Gasteiger partial charge in [0.15, 0.2) is 17.5 Å². The monoisotopic (exact) mass is 549 g/mol. The Hall–Kier alpha value is -1.95. The summed E-state index contributed by atoms with van der Waals surface area (Å²) in [7, 11) is 10.2. The molecule has 1 N–H and O–H groups in total. The standard InChI is InChI=1S/C21H35N5O4.HI/c1-22-21(23-8-7-19(27)24(2)3)26-11-9-25(10-12-26)15-16-13-17(28-4)20(30-6)18(14-16)29-5;/h13-14H,7-12,15H2,1-6H3,(H,22,23);1H. The van der Waals surface area contributed by atoms with E-state index in [1.807, 2.05) is 12.1 Å². The summed E-state index contributed by atoms with van der Waals surface area (Å²) in [5.41, 5.74) is 1.11. The highest BCUT2D eigenvalue weighted by Gasteiger charge is 2.21. The van der Waals surface area contributed by atoms with Crippen molar-refractivity contribution < 1.29 is 19.0 Å². The number of guanidine groups is 1. The molecule has 1 fully saturated rings. The van der Waals surface area contributed by atoms with Crippen LogP contribution in [0.5, 0.6) is 17.2 Å². The molecule has 31 heavy (non-hydrogen) atoms. The molecule has 1 aliphatic rings. The highest BCUT2D eigenvalue weighted by Crippen LogP contribution is 2.38. The number of nitrogens with one attached hydrogen (secondary N) is 1. The first kappa shape index (κ1) is 27.1. The van der Waals surface area contributed by atoms with Crippen molar-refractivity contribution in [2.45, 2.75) is 13.0 Å². The Morgan fingerprint density at radius 2 is 1.65 bits per heavy atom. The third-order valence-corrected chi connectivity index (χ3v) is 5.14. The Bertz CT molecular complexity index is 711. The van der Waals surface area contributed by atoms with Gasteiger partial charge in [0.05, 0.1) is 21.3 Å². The van der Waals surface area contributed by atoms with E-state index < -0.39 is 0 Å². The molecule has 0 bridgehead atoms. The van der Waals surface area contributed by atoms with Crippen LogP contribution in [0.25, 0.3) is 0 Å². The number of piperazine rings is 1. The van der Waals surface area contributed by atoms with Gasteiger partial charge >= 0.3 is 0 Å². The first-order chi connectivity index (χ1) is 14.4. The number of aliphatic imine (C=N–C) groups is 1. The number of amides is 1. The first-order valence-electron chi connectivity index (χ1n) is 10.1. The second kappa shape index (κ2) is 13.5. The van der Waals surface area contributed by atoms with Crippen molar-refractivity contribution in [2.75, 3.05) is 75.2 Å². The Kier molecular flexibility index (Phi) is 11.8. The van der Waals surface area contributed by atoms with Crippen LogP contribution in [0, 0.1) is 0 Å². The largest absolute Gasteiger partial charge is 0.493 e. The van der Waals surface area contributed by atoms with Gasteiger partial charge in [0, 0.05) is 66.8 Å². The molecule has 9 nitrogen and oxygen atoms in total. The number of benzene rings is 1. The maximum absolute atomic E-state index is 11.7. The summed E-state index contributed by atoms with van der Waals surface area (Å²) in [6, 6.07) is 3.99. The minimum Gasteiger partial charge on any atom is -0.493 e. The number of methoxy groups -OCH3 is 3. The molecular weight excluding hydrogens is 513 g/mol. The molecule has 1 aromatic carbocycles. The molecule has 1 aromatic rings.